The monoisotopic (exact) mass is 662 g/mol. The van der Waals surface area contributed by atoms with Crippen LogP contribution in [0.1, 0.15) is 69.8 Å². The summed E-state index contributed by atoms with van der Waals surface area (Å²) < 4.78 is 6.84. The van der Waals surface area contributed by atoms with Crippen LogP contribution in [-0.2, 0) is 22.6 Å². The maximum absolute atomic E-state index is 13.4. The van der Waals surface area contributed by atoms with Crippen molar-refractivity contribution in [1.82, 2.24) is 40.4 Å². The normalized spacial score (nSPS) is 17.8. The molecule has 5 rings (SSSR count). The summed E-state index contributed by atoms with van der Waals surface area (Å²) in [6, 6.07) is 9.31. The summed E-state index contributed by atoms with van der Waals surface area (Å²) in [7, 11) is 0. The fourth-order valence-electron chi connectivity index (χ4n) is 4.96. The summed E-state index contributed by atoms with van der Waals surface area (Å²) in [5.74, 6) is -1.97. The first kappa shape index (κ1) is 33.0. The molecular formula is C31H34N8O7S. The number of oxazole rings is 1. The number of nitrogens with zero attached hydrogens (tertiary/aromatic N) is 4. The van der Waals surface area contributed by atoms with E-state index < -0.39 is 47.0 Å². The lowest BCUT2D eigenvalue weighted by atomic mass is 10.0. The maximum Gasteiger partial charge on any atom is 0.328 e. The molecule has 2 atom stereocenters. The summed E-state index contributed by atoms with van der Waals surface area (Å²) in [4.78, 5) is 88.8. The van der Waals surface area contributed by atoms with Gasteiger partial charge >= 0.3 is 5.69 Å². The van der Waals surface area contributed by atoms with E-state index in [1.165, 1.54) is 39.3 Å². The van der Waals surface area contributed by atoms with Gasteiger partial charge in [-0.25, -0.2) is 14.8 Å². The predicted octanol–water partition coefficient (Wildman–Crippen LogP) is 1.17. The fourth-order valence-corrected chi connectivity index (χ4v) is 5.98. The van der Waals surface area contributed by atoms with E-state index in [2.05, 4.69) is 30.9 Å². The van der Waals surface area contributed by atoms with E-state index in [4.69, 9.17) is 4.42 Å². The number of aromatic nitrogens is 4. The van der Waals surface area contributed by atoms with E-state index >= 15 is 0 Å². The van der Waals surface area contributed by atoms with Gasteiger partial charge in [0.15, 0.2) is 5.69 Å². The van der Waals surface area contributed by atoms with Crippen LogP contribution in [0.3, 0.4) is 0 Å². The number of rotatable bonds is 6. The molecule has 4 bridgehead atoms. The minimum Gasteiger partial charge on any atom is -0.446 e. The molecule has 0 saturated carbocycles. The Kier molecular flexibility index (Phi) is 10.4. The van der Waals surface area contributed by atoms with Gasteiger partial charge in [0, 0.05) is 50.1 Å². The van der Waals surface area contributed by atoms with Gasteiger partial charge in [0.2, 0.25) is 17.7 Å². The Balaban J connectivity index is 1.41. The third-order valence-electron chi connectivity index (χ3n) is 7.46. The number of hydrogen-bond acceptors (Lipinski definition) is 10. The highest BCUT2D eigenvalue weighted by molar-refractivity contribution is 7.09. The van der Waals surface area contributed by atoms with Gasteiger partial charge in [-0.15, -0.1) is 11.3 Å². The SMILES string of the molecule is CC(C)[C@@H]1NC(=O)CN(C(=O)CCn2ccc(=O)[nH]c2=O)CCNC(=O)c2coc(n2)[C@H](Cc2ccccc2)NC(=O)c2csc1n2. The molecule has 3 aromatic heterocycles. The highest BCUT2D eigenvalue weighted by Gasteiger charge is 2.28. The fraction of sp³-hybridized carbons (Fsp3) is 0.355. The van der Waals surface area contributed by atoms with E-state index in [0.29, 0.717) is 11.4 Å². The van der Waals surface area contributed by atoms with Gasteiger partial charge < -0.3 is 29.8 Å². The van der Waals surface area contributed by atoms with Gasteiger partial charge in [-0.05, 0) is 11.5 Å². The van der Waals surface area contributed by atoms with Crippen LogP contribution in [0.4, 0.5) is 0 Å². The van der Waals surface area contributed by atoms with Gasteiger partial charge in [-0.3, -0.25) is 29.0 Å². The lowest BCUT2D eigenvalue weighted by Crippen LogP contribution is -2.46. The van der Waals surface area contributed by atoms with Crippen LogP contribution >= 0.6 is 11.3 Å². The zero-order chi connectivity index (χ0) is 33.5. The quantitative estimate of drug-likeness (QED) is 0.234. The molecule has 246 valence electrons. The van der Waals surface area contributed by atoms with Gasteiger partial charge in [-0.1, -0.05) is 44.2 Å². The lowest BCUT2D eigenvalue weighted by Gasteiger charge is -2.25. The molecule has 47 heavy (non-hydrogen) atoms. The number of H-pyrrole nitrogens is 1. The maximum atomic E-state index is 13.4. The predicted molar refractivity (Wildman–Crippen MR) is 170 cm³/mol. The van der Waals surface area contributed by atoms with Crippen molar-refractivity contribution in [3.8, 4) is 0 Å². The molecule has 4 aromatic rings. The Labute approximate surface area is 272 Å². The molecule has 1 aliphatic heterocycles. The molecular weight excluding hydrogens is 628 g/mol. The van der Waals surface area contributed by atoms with E-state index in [0.717, 1.165) is 5.56 Å². The van der Waals surface area contributed by atoms with Gasteiger partial charge in [0.05, 0.1) is 12.6 Å². The number of nitrogens with one attached hydrogen (secondary N) is 4. The first-order valence-electron chi connectivity index (χ1n) is 15.0. The molecule has 0 saturated heterocycles. The van der Waals surface area contributed by atoms with Crippen LogP contribution in [0.15, 0.2) is 68.2 Å². The Morgan fingerprint density at radius 1 is 1.02 bits per heavy atom. The molecule has 1 aliphatic rings. The average Bonchev–Trinajstić information content (AvgIpc) is 3.73. The number of fused-ring (bicyclic) bond motifs is 4. The molecule has 0 aliphatic carbocycles. The minimum absolute atomic E-state index is 0.0215. The molecule has 0 spiro atoms. The summed E-state index contributed by atoms with van der Waals surface area (Å²) in [5.41, 5.74) is -0.207. The van der Waals surface area contributed by atoms with Crippen molar-refractivity contribution in [2.75, 3.05) is 19.6 Å². The molecule has 0 fully saturated rings. The Hall–Kier alpha value is -5.38. The van der Waals surface area contributed by atoms with Crippen LogP contribution < -0.4 is 27.2 Å². The van der Waals surface area contributed by atoms with Crippen LogP contribution in [0.25, 0.3) is 0 Å². The number of thiazole rings is 1. The van der Waals surface area contributed by atoms with Gasteiger partial charge in [0.25, 0.3) is 17.4 Å². The zero-order valence-corrected chi connectivity index (χ0v) is 26.5. The lowest BCUT2D eigenvalue weighted by molar-refractivity contribution is -0.136. The Morgan fingerprint density at radius 3 is 2.55 bits per heavy atom. The van der Waals surface area contributed by atoms with E-state index in [1.54, 1.807) is 5.38 Å². The number of aryl methyl sites for hydroxylation is 1. The first-order chi connectivity index (χ1) is 22.6. The topological polar surface area (TPSA) is 201 Å². The summed E-state index contributed by atoms with van der Waals surface area (Å²) >= 11 is 1.22. The van der Waals surface area contributed by atoms with Crippen molar-refractivity contribution in [3.05, 3.63) is 103 Å². The second-order valence-corrected chi connectivity index (χ2v) is 12.2. The van der Waals surface area contributed by atoms with Gasteiger partial charge in [-0.2, -0.15) is 0 Å². The third-order valence-corrected chi connectivity index (χ3v) is 8.39. The third kappa shape index (κ3) is 8.46. The van der Waals surface area contributed by atoms with Crippen LogP contribution in [0, 0.1) is 5.92 Å². The minimum atomic E-state index is -0.723. The average molecular weight is 663 g/mol. The van der Waals surface area contributed by atoms with Crippen molar-refractivity contribution in [2.24, 2.45) is 5.92 Å². The summed E-state index contributed by atoms with van der Waals surface area (Å²) in [6.07, 6.45) is 2.65. The number of hydrogen-bond donors (Lipinski definition) is 4. The van der Waals surface area contributed by atoms with Crippen LogP contribution in [-0.4, -0.2) is 67.7 Å². The van der Waals surface area contributed by atoms with Gasteiger partial charge in [0.1, 0.15) is 23.0 Å². The standard InChI is InChI=1S/C31H34N8O7S/c1-18(2)26-30-35-22(17-47-30)28(44)33-20(14-19-6-4-3-5-7-19)29-34-21(16-46-29)27(43)32-10-13-39(15-24(41)36-26)25(42)9-12-38-11-8-23(40)37-31(38)45/h3-8,11,16-18,20,26H,9-10,12-15H2,1-2H3,(H,32,43)(H,33,44)(H,36,41)(H,37,40,45)/t20-,26-/m0/s1. The molecule has 4 amide bonds. The summed E-state index contributed by atoms with van der Waals surface area (Å²) in [6.45, 7) is 3.37. The number of amides is 4. The van der Waals surface area contributed by atoms with E-state index in [1.807, 2.05) is 44.2 Å². The zero-order valence-electron chi connectivity index (χ0n) is 25.7. The van der Waals surface area contributed by atoms with E-state index in [9.17, 15) is 28.8 Å². The molecule has 1 aromatic carbocycles. The second-order valence-electron chi connectivity index (χ2n) is 11.3. The van der Waals surface area contributed by atoms with E-state index in [-0.39, 0.29) is 55.8 Å². The number of carbonyl (C=O) groups is 4. The molecule has 0 radical (unpaired) electrons. The molecule has 4 N–H and O–H groups in total. The number of aromatic amines is 1. The highest BCUT2D eigenvalue weighted by Crippen LogP contribution is 2.26. The summed E-state index contributed by atoms with van der Waals surface area (Å²) in [5, 5.41) is 10.7. The number of carbonyl (C=O) groups excluding carboxylic acids is 4. The number of benzene rings is 1. The highest BCUT2D eigenvalue weighted by atomic mass is 32.1. The van der Waals surface area contributed by atoms with Crippen molar-refractivity contribution >= 4 is 35.0 Å². The van der Waals surface area contributed by atoms with Crippen molar-refractivity contribution in [2.45, 2.75) is 45.3 Å². The molecule has 4 heterocycles. The van der Waals surface area contributed by atoms with Crippen LogP contribution in [0.2, 0.25) is 0 Å². The molecule has 0 unspecified atom stereocenters. The molecule has 16 heteroatoms. The van der Waals surface area contributed by atoms with Crippen molar-refractivity contribution < 1.29 is 23.6 Å². The second kappa shape index (κ2) is 14.8. The smallest absolute Gasteiger partial charge is 0.328 e. The van der Waals surface area contributed by atoms with Crippen LogP contribution in [0.5, 0.6) is 0 Å². The van der Waals surface area contributed by atoms with Crippen molar-refractivity contribution in [1.29, 1.82) is 0 Å². The Morgan fingerprint density at radius 2 is 1.81 bits per heavy atom. The first-order valence-corrected chi connectivity index (χ1v) is 15.9. The molecule has 15 nitrogen and oxygen atoms in total. The van der Waals surface area contributed by atoms with Crippen molar-refractivity contribution in [3.63, 3.8) is 0 Å². The largest absolute Gasteiger partial charge is 0.446 e. The Bertz CT molecular complexity index is 1860.